The number of amides is 1. The van der Waals surface area contributed by atoms with Crippen LogP contribution < -0.4 is 22.3 Å². The Morgan fingerprint density at radius 3 is 2.65 bits per heavy atom. The minimum atomic E-state index is -0.417. The number of aliphatic imine (C=N–C) groups is 1. The van der Waals surface area contributed by atoms with E-state index in [-0.39, 0.29) is 18.2 Å². The number of hydrazine groups is 1. The SMILES string of the molecule is CC(N)=NCC(C)c1cccnc1N(N)CC1=CC=CC=C(F)C1.COC(=O)N(C)/C(C)=C/N. The minimum absolute atomic E-state index is 0.123. The smallest absolute Gasteiger partial charge is 0.413 e. The van der Waals surface area contributed by atoms with Crippen LogP contribution in [0.5, 0.6) is 0 Å². The highest BCUT2D eigenvalue weighted by molar-refractivity contribution is 5.77. The molecule has 0 spiro atoms. The zero-order chi connectivity index (χ0) is 25.7. The Hall–Kier alpha value is -3.66. The van der Waals surface area contributed by atoms with E-state index < -0.39 is 6.09 Å². The van der Waals surface area contributed by atoms with E-state index >= 15 is 0 Å². The molecular formula is C24H36FN7O2. The summed E-state index contributed by atoms with van der Waals surface area (Å²) in [6.45, 7) is 6.51. The number of nitrogens with zero attached hydrogens (tertiary/aromatic N) is 4. The lowest BCUT2D eigenvalue weighted by atomic mass is 10.0. The first-order valence-electron chi connectivity index (χ1n) is 10.7. The Balaban J connectivity index is 0.000000489. The molecule has 0 bridgehead atoms. The van der Waals surface area contributed by atoms with Gasteiger partial charge in [-0.2, -0.15) is 0 Å². The van der Waals surface area contributed by atoms with Gasteiger partial charge >= 0.3 is 6.09 Å². The summed E-state index contributed by atoms with van der Waals surface area (Å²) in [6, 6.07) is 3.86. The Morgan fingerprint density at radius 2 is 2.03 bits per heavy atom. The highest BCUT2D eigenvalue weighted by atomic mass is 19.1. The number of hydrogen-bond donors (Lipinski definition) is 3. The fourth-order valence-corrected chi connectivity index (χ4v) is 2.89. The van der Waals surface area contributed by atoms with Gasteiger partial charge < -0.3 is 16.2 Å². The average Bonchev–Trinajstić information content (AvgIpc) is 3.04. The maximum absolute atomic E-state index is 13.6. The van der Waals surface area contributed by atoms with Gasteiger partial charge in [0.25, 0.3) is 0 Å². The molecule has 0 saturated heterocycles. The number of carbonyl (C=O) groups excluding carboxylic acids is 1. The molecule has 0 fully saturated rings. The Labute approximate surface area is 201 Å². The zero-order valence-corrected chi connectivity index (χ0v) is 20.5. The molecule has 0 radical (unpaired) electrons. The summed E-state index contributed by atoms with van der Waals surface area (Å²) in [5, 5.41) is 1.56. The van der Waals surface area contributed by atoms with Crippen LogP contribution in [0, 0.1) is 0 Å². The van der Waals surface area contributed by atoms with Gasteiger partial charge in [-0.1, -0.05) is 31.2 Å². The van der Waals surface area contributed by atoms with Crippen LogP contribution in [-0.4, -0.2) is 49.1 Å². The first kappa shape index (κ1) is 28.4. The molecule has 1 aliphatic rings. The van der Waals surface area contributed by atoms with Gasteiger partial charge in [-0.05, 0) is 31.6 Å². The van der Waals surface area contributed by atoms with Crippen LogP contribution in [-0.2, 0) is 4.74 Å². The van der Waals surface area contributed by atoms with Gasteiger partial charge in [0.1, 0.15) is 11.6 Å². The largest absolute Gasteiger partial charge is 0.452 e. The van der Waals surface area contributed by atoms with E-state index in [0.717, 1.165) is 11.1 Å². The summed E-state index contributed by atoms with van der Waals surface area (Å²) in [5.41, 5.74) is 13.3. The van der Waals surface area contributed by atoms with Crippen molar-refractivity contribution in [2.24, 2.45) is 22.3 Å². The number of ether oxygens (including phenoxy) is 1. The third-order valence-electron chi connectivity index (χ3n) is 4.94. The molecule has 6 N–H and O–H groups in total. The van der Waals surface area contributed by atoms with Gasteiger partial charge in [-0.25, -0.2) is 20.0 Å². The number of aromatic nitrogens is 1. The molecule has 1 heterocycles. The fraction of sp³-hybridized carbons (Fsp3) is 0.375. The van der Waals surface area contributed by atoms with E-state index in [0.29, 0.717) is 30.4 Å². The number of rotatable bonds is 7. The average molecular weight is 474 g/mol. The molecule has 0 aromatic carbocycles. The van der Waals surface area contributed by atoms with Crippen molar-refractivity contribution in [3.05, 3.63) is 71.5 Å². The molecule has 1 aliphatic carbocycles. The van der Waals surface area contributed by atoms with Gasteiger partial charge in [-0.3, -0.25) is 14.9 Å². The van der Waals surface area contributed by atoms with Crippen LogP contribution in [0.15, 0.2) is 70.9 Å². The summed E-state index contributed by atoms with van der Waals surface area (Å²) in [6.07, 6.45) is 9.74. The molecule has 186 valence electrons. The van der Waals surface area contributed by atoms with Crippen molar-refractivity contribution in [2.75, 3.05) is 32.3 Å². The molecule has 9 nitrogen and oxygen atoms in total. The van der Waals surface area contributed by atoms with E-state index in [1.165, 1.54) is 24.3 Å². The third kappa shape index (κ3) is 9.45. The number of allylic oxidation sites excluding steroid dienone is 6. The molecular weight excluding hydrogens is 437 g/mol. The molecule has 34 heavy (non-hydrogen) atoms. The Kier molecular flexibility index (Phi) is 12.1. The molecule has 1 unspecified atom stereocenters. The standard InChI is InChI=1S/C18H24FN5.C6H12N2O2/c1-13(11-23-14(2)20)17-8-5-9-22-18(17)24(21)12-15-6-3-4-7-16(19)10-15;1-5(4-7)8(2)6(9)10-3/h3-9,13H,10-12,21H2,1-2H3,(H2,20,23);4H,7H2,1-3H3/b;5-4+. The number of anilines is 1. The minimum Gasteiger partial charge on any atom is -0.452 e. The first-order chi connectivity index (χ1) is 16.1. The number of amidine groups is 1. The predicted octanol–water partition coefficient (Wildman–Crippen LogP) is 3.49. The molecule has 1 aromatic rings. The van der Waals surface area contributed by atoms with Gasteiger partial charge in [0.05, 0.1) is 19.5 Å². The maximum atomic E-state index is 13.6. The number of methoxy groups -OCH3 is 1. The molecule has 1 atom stereocenters. The van der Waals surface area contributed by atoms with Gasteiger partial charge in [-0.15, -0.1) is 0 Å². The lowest BCUT2D eigenvalue weighted by molar-refractivity contribution is 0.143. The monoisotopic (exact) mass is 473 g/mol. The topological polar surface area (TPSA) is 136 Å². The lowest BCUT2D eigenvalue weighted by Gasteiger charge is -2.23. The summed E-state index contributed by atoms with van der Waals surface area (Å²) in [5.74, 6) is 7.39. The van der Waals surface area contributed by atoms with Crippen molar-refractivity contribution >= 4 is 17.7 Å². The number of carbonyl (C=O) groups is 1. The fourth-order valence-electron chi connectivity index (χ4n) is 2.89. The van der Waals surface area contributed by atoms with Gasteiger partial charge in [0.2, 0.25) is 0 Å². The molecule has 1 amide bonds. The van der Waals surface area contributed by atoms with Crippen molar-refractivity contribution in [2.45, 2.75) is 33.1 Å². The number of hydrogen-bond acceptors (Lipinski definition) is 7. The molecule has 0 aliphatic heterocycles. The molecule has 0 saturated carbocycles. The lowest BCUT2D eigenvalue weighted by Crippen LogP contribution is -2.35. The normalized spacial score (nSPS) is 14.7. The predicted molar refractivity (Wildman–Crippen MR) is 135 cm³/mol. The molecule has 10 heteroatoms. The van der Waals surface area contributed by atoms with Crippen molar-refractivity contribution in [3.63, 3.8) is 0 Å². The van der Waals surface area contributed by atoms with Crippen LogP contribution in [0.25, 0.3) is 0 Å². The van der Waals surface area contributed by atoms with E-state index in [4.69, 9.17) is 17.3 Å². The Bertz CT molecular complexity index is 966. The molecule has 2 rings (SSSR count). The van der Waals surface area contributed by atoms with Crippen LogP contribution in [0.1, 0.15) is 38.7 Å². The second-order valence-corrected chi connectivity index (χ2v) is 7.76. The van der Waals surface area contributed by atoms with Crippen molar-refractivity contribution in [1.82, 2.24) is 9.88 Å². The van der Waals surface area contributed by atoms with Crippen LogP contribution >= 0.6 is 0 Å². The zero-order valence-electron chi connectivity index (χ0n) is 20.5. The number of pyridine rings is 1. The van der Waals surface area contributed by atoms with Crippen molar-refractivity contribution in [1.29, 1.82) is 0 Å². The van der Waals surface area contributed by atoms with Crippen LogP contribution in [0.3, 0.4) is 0 Å². The van der Waals surface area contributed by atoms with Crippen molar-refractivity contribution in [3.8, 4) is 0 Å². The second kappa shape index (κ2) is 14.5. The highest BCUT2D eigenvalue weighted by Crippen LogP contribution is 2.26. The third-order valence-corrected chi connectivity index (χ3v) is 4.94. The van der Waals surface area contributed by atoms with E-state index in [2.05, 4.69) is 21.6 Å². The van der Waals surface area contributed by atoms with E-state index in [9.17, 15) is 9.18 Å². The highest BCUT2D eigenvalue weighted by Gasteiger charge is 2.16. The van der Waals surface area contributed by atoms with Gasteiger partial charge in [0.15, 0.2) is 0 Å². The number of nitrogens with two attached hydrogens (primary N) is 3. The van der Waals surface area contributed by atoms with E-state index in [1.807, 2.05) is 24.3 Å². The van der Waals surface area contributed by atoms with Crippen LogP contribution in [0.2, 0.25) is 0 Å². The Morgan fingerprint density at radius 1 is 1.35 bits per heavy atom. The quantitative estimate of drug-likeness (QED) is 0.239. The molecule has 1 aromatic heterocycles. The summed E-state index contributed by atoms with van der Waals surface area (Å²) < 4.78 is 18.0. The summed E-state index contributed by atoms with van der Waals surface area (Å²) in [4.78, 5) is 20.7. The summed E-state index contributed by atoms with van der Waals surface area (Å²) >= 11 is 0. The van der Waals surface area contributed by atoms with Gasteiger partial charge in [0, 0.05) is 49.6 Å². The van der Waals surface area contributed by atoms with E-state index in [1.54, 1.807) is 38.2 Å². The second-order valence-electron chi connectivity index (χ2n) is 7.76. The summed E-state index contributed by atoms with van der Waals surface area (Å²) in [7, 11) is 2.91. The van der Waals surface area contributed by atoms with Crippen LogP contribution in [0.4, 0.5) is 15.0 Å². The number of halogens is 1. The first-order valence-corrected chi connectivity index (χ1v) is 10.7. The van der Waals surface area contributed by atoms with Crippen molar-refractivity contribution < 1.29 is 13.9 Å². The maximum Gasteiger partial charge on any atom is 0.413 e.